The topological polar surface area (TPSA) is 62.3 Å². The first-order valence-electron chi connectivity index (χ1n) is 9.21. The molecule has 1 aliphatic rings. The van der Waals surface area contributed by atoms with Gasteiger partial charge in [0.2, 0.25) is 5.91 Å². The van der Waals surface area contributed by atoms with Gasteiger partial charge >= 0.3 is 0 Å². The molecular weight excluding hydrogens is 390 g/mol. The summed E-state index contributed by atoms with van der Waals surface area (Å²) in [6, 6.07) is 9.44. The second-order valence-electron chi connectivity index (χ2n) is 6.96. The lowest BCUT2D eigenvalue weighted by Crippen LogP contribution is -2.42. The van der Waals surface area contributed by atoms with E-state index in [1.165, 1.54) is 33.8 Å². The van der Waals surface area contributed by atoms with Gasteiger partial charge in [-0.3, -0.25) is 9.59 Å². The Kier molecular flexibility index (Phi) is 5.28. The normalized spacial score (nSPS) is 16.4. The molecule has 4 rings (SSSR count). The average Bonchev–Trinajstić information content (AvgIpc) is 3.44. The highest BCUT2D eigenvalue weighted by atomic mass is 32.1. The largest absolute Gasteiger partial charge is 0.326 e. The van der Waals surface area contributed by atoms with Crippen LogP contribution >= 0.6 is 22.7 Å². The number of amides is 2. The zero-order valence-corrected chi connectivity index (χ0v) is 17.4. The lowest BCUT2D eigenvalue weighted by atomic mass is 10.1. The monoisotopic (exact) mass is 411 g/mol. The number of nitrogens with zero attached hydrogens (tertiary/aromatic N) is 2. The Bertz CT molecular complexity index is 1010. The molecule has 0 radical (unpaired) electrons. The van der Waals surface area contributed by atoms with E-state index in [1.54, 1.807) is 11.0 Å². The third-order valence-corrected chi connectivity index (χ3v) is 6.70. The van der Waals surface area contributed by atoms with Crippen LogP contribution in [0.3, 0.4) is 0 Å². The maximum absolute atomic E-state index is 12.8. The Morgan fingerprint density at radius 3 is 2.79 bits per heavy atom. The first-order chi connectivity index (χ1) is 13.5. The van der Waals surface area contributed by atoms with E-state index in [-0.39, 0.29) is 11.8 Å². The number of thiophene rings is 1. The zero-order valence-electron chi connectivity index (χ0n) is 15.8. The molecule has 144 valence electrons. The van der Waals surface area contributed by atoms with Crippen LogP contribution in [0.1, 0.15) is 33.6 Å². The predicted molar refractivity (Wildman–Crippen MR) is 114 cm³/mol. The van der Waals surface area contributed by atoms with Crippen LogP contribution < -0.4 is 5.32 Å². The average molecular weight is 412 g/mol. The van der Waals surface area contributed by atoms with Crippen molar-refractivity contribution in [3.05, 3.63) is 57.1 Å². The predicted octanol–water partition coefficient (Wildman–Crippen LogP) is 4.73. The molecule has 0 spiro atoms. The lowest BCUT2D eigenvalue weighted by Gasteiger charge is -2.22. The molecule has 7 heteroatoms. The Hall–Kier alpha value is -2.51. The Morgan fingerprint density at radius 2 is 2.04 bits per heavy atom. The fraction of sp³-hybridized carbons (Fsp3) is 0.286. The van der Waals surface area contributed by atoms with Crippen molar-refractivity contribution >= 4 is 39.6 Å². The van der Waals surface area contributed by atoms with E-state index < -0.39 is 6.04 Å². The van der Waals surface area contributed by atoms with Gasteiger partial charge in [0.15, 0.2) is 5.13 Å². The van der Waals surface area contributed by atoms with Gasteiger partial charge < -0.3 is 10.2 Å². The van der Waals surface area contributed by atoms with Crippen molar-refractivity contribution in [2.45, 2.75) is 32.7 Å². The van der Waals surface area contributed by atoms with Crippen LogP contribution in [0, 0.1) is 13.8 Å². The second-order valence-corrected chi connectivity index (χ2v) is 8.77. The first-order valence-corrected chi connectivity index (χ1v) is 11.0. The molecule has 5 nitrogen and oxygen atoms in total. The molecule has 1 aromatic carbocycles. The van der Waals surface area contributed by atoms with E-state index in [2.05, 4.69) is 36.3 Å². The molecule has 0 aliphatic carbocycles. The highest BCUT2D eigenvalue weighted by Crippen LogP contribution is 2.28. The summed E-state index contributed by atoms with van der Waals surface area (Å²) >= 11 is 2.81. The van der Waals surface area contributed by atoms with Gasteiger partial charge in [-0.15, -0.1) is 22.7 Å². The maximum atomic E-state index is 12.8. The number of thiazole rings is 1. The summed E-state index contributed by atoms with van der Waals surface area (Å²) < 4.78 is 0. The van der Waals surface area contributed by atoms with Gasteiger partial charge in [0, 0.05) is 17.5 Å². The minimum atomic E-state index is -0.441. The van der Waals surface area contributed by atoms with E-state index in [0.29, 0.717) is 23.0 Å². The summed E-state index contributed by atoms with van der Waals surface area (Å²) in [4.78, 5) is 32.4. The lowest BCUT2D eigenvalue weighted by molar-refractivity contribution is -0.119. The molecule has 1 atom stereocenters. The molecule has 28 heavy (non-hydrogen) atoms. The molecule has 1 N–H and O–H groups in total. The number of likely N-dealkylation sites (tertiary alicyclic amines) is 1. The summed E-state index contributed by atoms with van der Waals surface area (Å²) in [5, 5.41) is 7.30. The first kappa shape index (κ1) is 18.8. The second kappa shape index (κ2) is 7.85. The molecule has 1 aliphatic heterocycles. The number of aromatic nitrogens is 1. The van der Waals surface area contributed by atoms with Gasteiger partial charge in [0.25, 0.3) is 5.91 Å². The fourth-order valence-corrected chi connectivity index (χ4v) is 4.78. The van der Waals surface area contributed by atoms with E-state index in [1.807, 2.05) is 22.9 Å². The number of carbonyl (C=O) groups excluding carboxylic acids is 2. The van der Waals surface area contributed by atoms with Crippen molar-refractivity contribution < 1.29 is 9.59 Å². The van der Waals surface area contributed by atoms with Gasteiger partial charge in [-0.25, -0.2) is 4.98 Å². The highest BCUT2D eigenvalue weighted by molar-refractivity contribution is 7.14. The molecule has 0 bridgehead atoms. The van der Waals surface area contributed by atoms with Crippen molar-refractivity contribution in [3.8, 4) is 11.3 Å². The molecule has 2 amide bonds. The quantitative estimate of drug-likeness (QED) is 0.675. The van der Waals surface area contributed by atoms with Crippen molar-refractivity contribution in [2.24, 2.45) is 0 Å². The van der Waals surface area contributed by atoms with E-state index >= 15 is 0 Å². The molecule has 3 aromatic rings. The maximum Gasteiger partial charge on any atom is 0.264 e. The van der Waals surface area contributed by atoms with Crippen LogP contribution in [-0.2, 0) is 4.79 Å². The summed E-state index contributed by atoms with van der Waals surface area (Å²) in [5.41, 5.74) is 4.34. The molecule has 2 aromatic heterocycles. The number of hydrogen-bond donors (Lipinski definition) is 1. The fourth-order valence-electron chi connectivity index (χ4n) is 3.38. The van der Waals surface area contributed by atoms with E-state index in [0.717, 1.165) is 17.7 Å². The summed E-state index contributed by atoms with van der Waals surface area (Å²) in [6.45, 7) is 4.77. The molecule has 3 heterocycles. The van der Waals surface area contributed by atoms with E-state index in [9.17, 15) is 9.59 Å². The number of aryl methyl sites for hydroxylation is 2. The SMILES string of the molecule is Cc1ccc(-c2csc(NC(=O)[C@@H]3CCCN3C(=O)c3cccs3)n2)cc1C. The van der Waals surface area contributed by atoms with Gasteiger partial charge in [-0.2, -0.15) is 0 Å². The van der Waals surface area contributed by atoms with Crippen molar-refractivity contribution in [1.29, 1.82) is 0 Å². The third kappa shape index (κ3) is 3.72. The molecular formula is C21H21N3O2S2. The number of carbonyl (C=O) groups is 2. The van der Waals surface area contributed by atoms with E-state index in [4.69, 9.17) is 0 Å². The van der Waals surface area contributed by atoms with Crippen molar-refractivity contribution in [1.82, 2.24) is 9.88 Å². The number of hydrogen-bond acceptors (Lipinski definition) is 5. The van der Waals surface area contributed by atoms with Crippen LogP contribution in [0.5, 0.6) is 0 Å². The van der Waals surface area contributed by atoms with Crippen LogP contribution in [0.15, 0.2) is 41.1 Å². The Balaban J connectivity index is 1.47. The minimum absolute atomic E-state index is 0.0670. The smallest absolute Gasteiger partial charge is 0.264 e. The standard InChI is InChI=1S/C21H21N3O2S2/c1-13-7-8-15(11-14(13)2)16-12-28-21(22-16)23-19(25)17-5-3-9-24(17)20(26)18-6-4-10-27-18/h4,6-8,10-12,17H,3,5,9H2,1-2H3,(H,22,23,25)/t17-/m0/s1. The molecule has 0 unspecified atom stereocenters. The highest BCUT2D eigenvalue weighted by Gasteiger charge is 2.35. The Morgan fingerprint density at radius 1 is 1.18 bits per heavy atom. The van der Waals surface area contributed by atoms with Crippen molar-refractivity contribution in [3.63, 3.8) is 0 Å². The van der Waals surface area contributed by atoms with Gasteiger partial charge in [-0.05, 0) is 55.3 Å². The number of anilines is 1. The summed E-state index contributed by atoms with van der Waals surface area (Å²) in [6.07, 6.45) is 1.51. The summed E-state index contributed by atoms with van der Waals surface area (Å²) in [7, 11) is 0. The van der Waals surface area contributed by atoms with Crippen molar-refractivity contribution in [2.75, 3.05) is 11.9 Å². The zero-order chi connectivity index (χ0) is 19.7. The third-order valence-electron chi connectivity index (χ3n) is 5.09. The van der Waals surface area contributed by atoms with Crippen LogP contribution in [0.2, 0.25) is 0 Å². The molecule has 1 fully saturated rings. The van der Waals surface area contributed by atoms with Gasteiger partial charge in [0.1, 0.15) is 6.04 Å². The Labute approximate surface area is 172 Å². The van der Waals surface area contributed by atoms with Crippen LogP contribution in [0.4, 0.5) is 5.13 Å². The van der Waals surface area contributed by atoms with Gasteiger partial charge in [0.05, 0.1) is 10.6 Å². The number of nitrogens with one attached hydrogen (secondary N) is 1. The number of rotatable bonds is 4. The molecule has 1 saturated heterocycles. The summed E-state index contributed by atoms with van der Waals surface area (Å²) in [5.74, 6) is -0.231. The van der Waals surface area contributed by atoms with Gasteiger partial charge in [-0.1, -0.05) is 18.2 Å². The van der Waals surface area contributed by atoms with Crippen LogP contribution in [0.25, 0.3) is 11.3 Å². The molecule has 0 saturated carbocycles. The van der Waals surface area contributed by atoms with Crippen LogP contribution in [-0.4, -0.2) is 34.3 Å². The number of benzene rings is 1. The minimum Gasteiger partial charge on any atom is -0.326 e.